The second-order valence-corrected chi connectivity index (χ2v) is 9.45. The number of carbonyl (C=O) groups is 3. The third kappa shape index (κ3) is 7.51. The molecule has 0 heterocycles. The number of hydrogen-bond acceptors (Lipinski definition) is 7. The molecule has 0 fully saturated rings. The maximum atomic E-state index is 13.3. The fourth-order valence-electron chi connectivity index (χ4n) is 2.93. The molecule has 9 heteroatoms. The Kier molecular flexibility index (Phi) is 11.9. The van der Waals surface area contributed by atoms with Crippen molar-refractivity contribution in [3.63, 3.8) is 0 Å². The third-order valence-corrected chi connectivity index (χ3v) is 6.45. The summed E-state index contributed by atoms with van der Waals surface area (Å²) < 4.78 is 5.96. The molecule has 1 aromatic rings. The minimum Gasteiger partial charge on any atom is -0.467 e. The first-order valence-corrected chi connectivity index (χ1v) is 12.3. The molecule has 30 heavy (non-hydrogen) atoms. The molecule has 4 atom stereocenters. The molecule has 168 valence electrons. The van der Waals surface area contributed by atoms with Gasteiger partial charge in [0.2, 0.25) is 11.8 Å². The van der Waals surface area contributed by atoms with Gasteiger partial charge in [0.25, 0.3) is 0 Å². The van der Waals surface area contributed by atoms with Gasteiger partial charge < -0.3 is 16.2 Å². The van der Waals surface area contributed by atoms with Crippen LogP contribution in [0.2, 0.25) is 0 Å². The number of benzene rings is 1. The van der Waals surface area contributed by atoms with Crippen LogP contribution < -0.4 is 11.5 Å². The number of esters is 1. The number of rotatable bonds is 11. The third-order valence-electron chi connectivity index (χ3n) is 5.08. The minimum atomic E-state index is -1.06. The van der Waals surface area contributed by atoms with Gasteiger partial charge >= 0.3 is 5.97 Å². The topological polar surface area (TPSA) is 116 Å². The van der Waals surface area contributed by atoms with Crippen molar-refractivity contribution in [1.29, 1.82) is 0 Å². The average molecular weight is 549 g/mol. The maximum absolute atomic E-state index is 13.3. The van der Waals surface area contributed by atoms with E-state index in [0.717, 1.165) is 14.0 Å². The first kappa shape index (κ1) is 26.9. The Labute approximate surface area is 196 Å². The fourth-order valence-corrected chi connectivity index (χ4v) is 3.75. The zero-order chi connectivity index (χ0) is 22.8. The lowest BCUT2D eigenvalue weighted by atomic mass is 9.96. The van der Waals surface area contributed by atoms with Gasteiger partial charge in [-0.2, -0.15) is 11.8 Å². The summed E-state index contributed by atoms with van der Waals surface area (Å²) in [5.41, 5.74) is 13.2. The summed E-state index contributed by atoms with van der Waals surface area (Å²) in [6.45, 7) is 3.75. The number of imide groups is 1. The van der Waals surface area contributed by atoms with E-state index in [0.29, 0.717) is 12.2 Å². The van der Waals surface area contributed by atoms with Crippen LogP contribution in [-0.4, -0.2) is 59.9 Å². The summed E-state index contributed by atoms with van der Waals surface area (Å²) in [5.74, 6) is -1.44. The van der Waals surface area contributed by atoms with Gasteiger partial charge in [0.05, 0.1) is 19.2 Å². The minimum absolute atomic E-state index is 0.154. The van der Waals surface area contributed by atoms with Crippen LogP contribution in [0.1, 0.15) is 32.3 Å². The maximum Gasteiger partial charge on any atom is 0.329 e. The molecule has 2 amide bonds. The van der Waals surface area contributed by atoms with Crippen LogP contribution >= 0.6 is 34.4 Å². The van der Waals surface area contributed by atoms with Crippen LogP contribution in [0.5, 0.6) is 0 Å². The van der Waals surface area contributed by atoms with Crippen LogP contribution in [0.3, 0.4) is 0 Å². The van der Waals surface area contributed by atoms with Crippen molar-refractivity contribution < 1.29 is 19.1 Å². The highest BCUT2D eigenvalue weighted by molar-refractivity contribution is 14.1. The van der Waals surface area contributed by atoms with Gasteiger partial charge in [-0.15, -0.1) is 0 Å². The molecule has 0 bridgehead atoms. The first-order chi connectivity index (χ1) is 14.2. The number of carbonyl (C=O) groups excluding carboxylic acids is 3. The molecule has 0 saturated carbocycles. The molecule has 1 aromatic carbocycles. The van der Waals surface area contributed by atoms with E-state index in [1.54, 1.807) is 0 Å². The lowest BCUT2D eigenvalue weighted by molar-refractivity contribution is -0.161. The van der Waals surface area contributed by atoms with E-state index in [1.807, 2.05) is 44.4 Å². The Balaban J connectivity index is 3.23. The largest absolute Gasteiger partial charge is 0.467 e. The molecule has 4 N–H and O–H groups in total. The summed E-state index contributed by atoms with van der Waals surface area (Å²) in [7, 11) is 1.24. The van der Waals surface area contributed by atoms with E-state index in [1.165, 1.54) is 18.9 Å². The standard InChI is InChI=1S/C21H32IN3O4S/c1-5-13(2)18(24)20(27)25(17(10-11-30-4)21(28)29-3)19(26)16(23)12-14-6-8-15(22)9-7-14/h6-9,13,16-18H,5,10-12,23-24H2,1-4H3/t13-,16-,17-,18-/m0/s1. The van der Waals surface area contributed by atoms with Gasteiger partial charge in [0.15, 0.2) is 0 Å². The monoisotopic (exact) mass is 549 g/mol. The molecule has 0 aliphatic rings. The van der Waals surface area contributed by atoms with Crippen molar-refractivity contribution in [2.45, 2.75) is 51.2 Å². The lowest BCUT2D eigenvalue weighted by Crippen LogP contribution is -2.60. The van der Waals surface area contributed by atoms with Crippen molar-refractivity contribution in [3.05, 3.63) is 33.4 Å². The molecular formula is C21H32IN3O4S. The number of halogens is 1. The number of amides is 2. The quantitative estimate of drug-likeness (QED) is 0.321. The van der Waals surface area contributed by atoms with Crippen LogP contribution in [0, 0.1) is 9.49 Å². The van der Waals surface area contributed by atoms with E-state index >= 15 is 0 Å². The van der Waals surface area contributed by atoms with Crippen molar-refractivity contribution in [2.24, 2.45) is 17.4 Å². The Morgan fingerprint density at radius 1 is 1.17 bits per heavy atom. The highest BCUT2D eigenvalue weighted by atomic mass is 127. The molecular weight excluding hydrogens is 517 g/mol. The van der Waals surface area contributed by atoms with Crippen molar-refractivity contribution >= 4 is 52.1 Å². The molecule has 0 aliphatic heterocycles. The van der Waals surface area contributed by atoms with Crippen LogP contribution in [0.15, 0.2) is 24.3 Å². The van der Waals surface area contributed by atoms with Gasteiger partial charge in [-0.25, -0.2) is 4.79 Å². The molecule has 1 rings (SSSR count). The molecule has 0 saturated heterocycles. The van der Waals surface area contributed by atoms with Gasteiger partial charge in [-0.3, -0.25) is 14.5 Å². The Morgan fingerprint density at radius 2 is 1.77 bits per heavy atom. The molecule has 7 nitrogen and oxygen atoms in total. The summed E-state index contributed by atoms with van der Waals surface area (Å²) in [6.07, 6.45) is 3.07. The van der Waals surface area contributed by atoms with Gasteiger partial charge in [0.1, 0.15) is 6.04 Å². The van der Waals surface area contributed by atoms with Crippen molar-refractivity contribution in [3.8, 4) is 0 Å². The van der Waals surface area contributed by atoms with Gasteiger partial charge in [0, 0.05) is 3.57 Å². The summed E-state index contributed by atoms with van der Waals surface area (Å²) >= 11 is 3.70. The predicted molar refractivity (Wildman–Crippen MR) is 129 cm³/mol. The van der Waals surface area contributed by atoms with E-state index in [4.69, 9.17) is 16.2 Å². The molecule has 0 radical (unpaired) electrons. The van der Waals surface area contributed by atoms with Gasteiger partial charge in [-0.05, 0) is 71.1 Å². The van der Waals surface area contributed by atoms with Crippen LogP contribution in [0.4, 0.5) is 0 Å². The molecule has 0 aliphatic carbocycles. The SMILES string of the molecule is CC[C@H](C)[C@H](N)C(=O)N(C(=O)[C@@H](N)Cc1ccc(I)cc1)[C@@H](CCSC)C(=O)OC. The smallest absolute Gasteiger partial charge is 0.329 e. The molecule has 0 unspecified atom stereocenters. The normalized spacial score (nSPS) is 15.0. The Hall–Kier alpha value is -1.17. The van der Waals surface area contributed by atoms with Crippen LogP contribution in [-0.2, 0) is 25.5 Å². The molecule has 0 spiro atoms. The van der Waals surface area contributed by atoms with E-state index in [9.17, 15) is 14.4 Å². The highest BCUT2D eigenvalue weighted by Crippen LogP contribution is 2.18. The Morgan fingerprint density at radius 3 is 2.27 bits per heavy atom. The fraction of sp³-hybridized carbons (Fsp3) is 0.571. The second-order valence-electron chi connectivity index (χ2n) is 7.22. The zero-order valence-electron chi connectivity index (χ0n) is 18.0. The zero-order valence-corrected chi connectivity index (χ0v) is 20.9. The summed E-state index contributed by atoms with van der Waals surface area (Å²) in [5, 5.41) is 0. The number of methoxy groups -OCH3 is 1. The number of nitrogens with two attached hydrogens (primary N) is 2. The summed E-state index contributed by atoms with van der Waals surface area (Å²) in [6, 6.07) is 4.66. The predicted octanol–water partition coefficient (Wildman–Crippen LogP) is 2.18. The lowest BCUT2D eigenvalue weighted by Gasteiger charge is -2.33. The molecule has 0 aromatic heterocycles. The van der Waals surface area contributed by atoms with E-state index in [-0.39, 0.29) is 18.8 Å². The average Bonchev–Trinajstić information content (AvgIpc) is 2.75. The highest BCUT2D eigenvalue weighted by Gasteiger charge is 2.40. The van der Waals surface area contributed by atoms with Crippen LogP contribution in [0.25, 0.3) is 0 Å². The number of ether oxygens (including phenoxy) is 1. The number of thioether (sulfide) groups is 1. The number of hydrogen-bond donors (Lipinski definition) is 2. The van der Waals surface area contributed by atoms with Crippen molar-refractivity contribution in [2.75, 3.05) is 19.1 Å². The Bertz CT molecular complexity index is 717. The van der Waals surface area contributed by atoms with E-state index < -0.39 is 35.9 Å². The first-order valence-electron chi connectivity index (χ1n) is 9.87. The summed E-state index contributed by atoms with van der Waals surface area (Å²) in [4.78, 5) is 40.0. The van der Waals surface area contributed by atoms with E-state index in [2.05, 4.69) is 22.6 Å². The number of nitrogens with zero attached hydrogens (tertiary/aromatic N) is 1. The second kappa shape index (κ2) is 13.3. The van der Waals surface area contributed by atoms with Gasteiger partial charge in [-0.1, -0.05) is 32.4 Å². The van der Waals surface area contributed by atoms with Crippen molar-refractivity contribution in [1.82, 2.24) is 4.90 Å².